The van der Waals surface area contributed by atoms with E-state index in [0.29, 0.717) is 28.8 Å². The zero-order valence-corrected chi connectivity index (χ0v) is 15.4. The molecular formula is C18H25ClN2O4. The molecule has 0 aliphatic carbocycles. The number of rotatable bonds is 7. The number of amides is 1. The quantitative estimate of drug-likeness (QED) is 0.772. The number of likely N-dealkylation sites (tertiary alicyclic amines) is 1. The van der Waals surface area contributed by atoms with Gasteiger partial charge in [-0.2, -0.15) is 0 Å². The topological polar surface area (TPSA) is 78.9 Å². The van der Waals surface area contributed by atoms with Crippen LogP contribution in [0.25, 0.3) is 0 Å². The molecule has 1 saturated heterocycles. The van der Waals surface area contributed by atoms with Crippen LogP contribution in [0, 0.1) is 12.8 Å². The molecule has 0 aromatic heterocycles. The Labute approximate surface area is 153 Å². The molecule has 1 heterocycles. The molecular weight excluding hydrogens is 344 g/mol. The number of nitrogens with zero attached hydrogens (tertiary/aromatic N) is 1. The first kappa shape index (κ1) is 19.5. The first-order valence-corrected chi connectivity index (χ1v) is 8.85. The molecule has 0 spiro atoms. The molecule has 138 valence electrons. The van der Waals surface area contributed by atoms with Crippen molar-refractivity contribution in [2.24, 2.45) is 5.92 Å². The predicted molar refractivity (Wildman–Crippen MR) is 97.4 cm³/mol. The molecule has 2 N–H and O–H groups in total. The van der Waals surface area contributed by atoms with Crippen LogP contribution in [0.15, 0.2) is 12.1 Å². The van der Waals surface area contributed by atoms with E-state index < -0.39 is 5.97 Å². The van der Waals surface area contributed by atoms with E-state index in [1.807, 2.05) is 6.92 Å². The number of aliphatic carboxylic acids is 1. The molecule has 1 atom stereocenters. The number of carboxylic acid groups (broad SMARTS) is 1. The third kappa shape index (κ3) is 5.90. The van der Waals surface area contributed by atoms with Crippen molar-refractivity contribution in [1.29, 1.82) is 0 Å². The molecule has 1 amide bonds. The molecule has 1 aromatic rings. The standard InChI is InChI=1S/C18H25ClN2O4/c1-12-8-15(16(25-2)9-14(12)19)20-17(22)11-21-7-3-4-13(10-21)5-6-18(23)24/h8-9,13H,3-7,10-11H2,1-2H3,(H,20,22)(H,23,24). The van der Waals surface area contributed by atoms with Crippen LogP contribution in [0.4, 0.5) is 5.69 Å². The summed E-state index contributed by atoms with van der Waals surface area (Å²) in [5.74, 6) is -0.00846. The maximum absolute atomic E-state index is 12.4. The second kappa shape index (κ2) is 9.06. The highest BCUT2D eigenvalue weighted by molar-refractivity contribution is 6.31. The zero-order chi connectivity index (χ0) is 18.4. The maximum atomic E-state index is 12.4. The van der Waals surface area contributed by atoms with Crippen LogP contribution in [0.1, 0.15) is 31.2 Å². The summed E-state index contributed by atoms with van der Waals surface area (Å²) in [5.41, 5.74) is 1.47. The highest BCUT2D eigenvalue weighted by Gasteiger charge is 2.22. The summed E-state index contributed by atoms with van der Waals surface area (Å²) in [4.78, 5) is 25.2. The van der Waals surface area contributed by atoms with Gasteiger partial charge in [-0.05, 0) is 50.3 Å². The fourth-order valence-electron chi connectivity index (χ4n) is 3.18. The lowest BCUT2D eigenvalue weighted by Gasteiger charge is -2.32. The van der Waals surface area contributed by atoms with E-state index in [9.17, 15) is 9.59 Å². The molecule has 1 fully saturated rings. The first-order chi connectivity index (χ1) is 11.9. The van der Waals surface area contributed by atoms with Crippen molar-refractivity contribution in [2.45, 2.75) is 32.6 Å². The molecule has 25 heavy (non-hydrogen) atoms. The van der Waals surface area contributed by atoms with E-state index in [0.717, 1.165) is 31.5 Å². The number of nitrogens with one attached hydrogen (secondary N) is 1. The summed E-state index contributed by atoms with van der Waals surface area (Å²) in [5, 5.41) is 12.3. The van der Waals surface area contributed by atoms with E-state index >= 15 is 0 Å². The minimum Gasteiger partial charge on any atom is -0.495 e. The Morgan fingerprint density at radius 1 is 1.44 bits per heavy atom. The Kier molecular flexibility index (Phi) is 7.08. The maximum Gasteiger partial charge on any atom is 0.303 e. The van der Waals surface area contributed by atoms with Crippen molar-refractivity contribution in [2.75, 3.05) is 32.1 Å². The molecule has 2 rings (SSSR count). The van der Waals surface area contributed by atoms with Crippen LogP contribution >= 0.6 is 11.6 Å². The summed E-state index contributed by atoms with van der Waals surface area (Å²) < 4.78 is 5.28. The molecule has 7 heteroatoms. The molecule has 1 aliphatic heterocycles. The second-order valence-corrected chi connectivity index (χ2v) is 6.93. The molecule has 6 nitrogen and oxygen atoms in total. The van der Waals surface area contributed by atoms with Gasteiger partial charge < -0.3 is 15.2 Å². The van der Waals surface area contributed by atoms with Gasteiger partial charge in [0.1, 0.15) is 5.75 Å². The Balaban J connectivity index is 1.91. The normalized spacial score (nSPS) is 18.0. The lowest BCUT2D eigenvalue weighted by atomic mass is 9.93. The van der Waals surface area contributed by atoms with Crippen molar-refractivity contribution in [3.8, 4) is 5.75 Å². The van der Waals surface area contributed by atoms with E-state index in [1.165, 1.54) is 7.11 Å². The van der Waals surface area contributed by atoms with E-state index in [4.69, 9.17) is 21.4 Å². The summed E-state index contributed by atoms with van der Waals surface area (Å²) >= 11 is 6.08. The number of carbonyl (C=O) groups excluding carboxylic acids is 1. The fraction of sp³-hybridized carbons (Fsp3) is 0.556. The number of carboxylic acids is 1. The van der Waals surface area contributed by atoms with Crippen LogP contribution in [0.5, 0.6) is 5.75 Å². The monoisotopic (exact) mass is 368 g/mol. The van der Waals surface area contributed by atoms with Crippen LogP contribution in [0.3, 0.4) is 0 Å². The number of hydrogen-bond acceptors (Lipinski definition) is 4. The van der Waals surface area contributed by atoms with E-state index in [-0.39, 0.29) is 18.9 Å². The average molecular weight is 369 g/mol. The Morgan fingerprint density at radius 3 is 2.88 bits per heavy atom. The zero-order valence-electron chi connectivity index (χ0n) is 14.7. The van der Waals surface area contributed by atoms with E-state index in [2.05, 4.69) is 10.2 Å². The van der Waals surface area contributed by atoms with Gasteiger partial charge in [-0.3, -0.25) is 14.5 Å². The molecule has 1 aliphatic rings. The van der Waals surface area contributed by atoms with Gasteiger partial charge in [-0.25, -0.2) is 0 Å². The fourth-order valence-corrected chi connectivity index (χ4v) is 3.33. The number of halogens is 1. The van der Waals surface area contributed by atoms with Crippen molar-refractivity contribution < 1.29 is 19.4 Å². The van der Waals surface area contributed by atoms with Gasteiger partial charge in [0.25, 0.3) is 0 Å². The lowest BCUT2D eigenvalue weighted by Crippen LogP contribution is -2.40. The smallest absolute Gasteiger partial charge is 0.303 e. The second-order valence-electron chi connectivity index (χ2n) is 6.53. The highest BCUT2D eigenvalue weighted by Crippen LogP contribution is 2.31. The number of benzene rings is 1. The van der Waals surface area contributed by atoms with Gasteiger partial charge in [-0.15, -0.1) is 0 Å². The van der Waals surface area contributed by atoms with Gasteiger partial charge in [-0.1, -0.05) is 11.6 Å². The van der Waals surface area contributed by atoms with E-state index in [1.54, 1.807) is 12.1 Å². The number of hydrogen-bond donors (Lipinski definition) is 2. The summed E-state index contributed by atoms with van der Waals surface area (Å²) in [6.07, 6.45) is 2.86. The van der Waals surface area contributed by atoms with Crippen molar-refractivity contribution in [3.05, 3.63) is 22.7 Å². The average Bonchev–Trinajstić information content (AvgIpc) is 2.56. The highest BCUT2D eigenvalue weighted by atomic mass is 35.5. The van der Waals surface area contributed by atoms with Crippen molar-refractivity contribution >= 4 is 29.2 Å². The van der Waals surface area contributed by atoms with Gasteiger partial charge in [0.2, 0.25) is 5.91 Å². The molecule has 0 saturated carbocycles. The van der Waals surface area contributed by atoms with Gasteiger partial charge in [0, 0.05) is 24.1 Å². The SMILES string of the molecule is COc1cc(Cl)c(C)cc1NC(=O)CN1CCCC(CCC(=O)O)C1. The summed E-state index contributed by atoms with van der Waals surface area (Å²) in [6.45, 7) is 3.77. The molecule has 0 radical (unpaired) electrons. The summed E-state index contributed by atoms with van der Waals surface area (Å²) in [6, 6.07) is 3.49. The van der Waals surface area contributed by atoms with Gasteiger partial charge >= 0.3 is 5.97 Å². The Bertz CT molecular complexity index is 636. The van der Waals surface area contributed by atoms with Gasteiger partial charge in [0.05, 0.1) is 19.3 Å². The minimum absolute atomic E-state index is 0.112. The third-order valence-electron chi connectivity index (χ3n) is 4.49. The Hall–Kier alpha value is -1.79. The lowest BCUT2D eigenvalue weighted by molar-refractivity contribution is -0.137. The molecule has 0 bridgehead atoms. The largest absolute Gasteiger partial charge is 0.495 e. The number of methoxy groups -OCH3 is 1. The number of piperidine rings is 1. The summed E-state index contributed by atoms with van der Waals surface area (Å²) in [7, 11) is 1.54. The first-order valence-electron chi connectivity index (χ1n) is 8.47. The van der Waals surface area contributed by atoms with Crippen LogP contribution in [-0.4, -0.2) is 48.6 Å². The minimum atomic E-state index is -0.764. The molecule has 1 unspecified atom stereocenters. The van der Waals surface area contributed by atoms with Crippen molar-refractivity contribution in [3.63, 3.8) is 0 Å². The van der Waals surface area contributed by atoms with Gasteiger partial charge in [0.15, 0.2) is 0 Å². The predicted octanol–water partition coefficient (Wildman–Crippen LogP) is 3.17. The number of carbonyl (C=O) groups is 2. The number of aryl methyl sites for hydroxylation is 1. The van der Waals surface area contributed by atoms with Crippen LogP contribution in [-0.2, 0) is 9.59 Å². The Morgan fingerprint density at radius 2 is 2.20 bits per heavy atom. The third-order valence-corrected chi connectivity index (χ3v) is 4.90. The number of ether oxygens (including phenoxy) is 1. The van der Waals surface area contributed by atoms with Crippen LogP contribution < -0.4 is 10.1 Å². The van der Waals surface area contributed by atoms with Crippen LogP contribution in [0.2, 0.25) is 5.02 Å². The number of anilines is 1. The van der Waals surface area contributed by atoms with Crippen molar-refractivity contribution in [1.82, 2.24) is 4.90 Å². The molecule has 1 aromatic carbocycles.